The quantitative estimate of drug-likeness (QED) is 0.814. The molecule has 15 heavy (non-hydrogen) atoms. The molecule has 2 aromatic heterocycles. The summed E-state index contributed by atoms with van der Waals surface area (Å²) < 4.78 is 6.76. The Morgan fingerprint density at radius 1 is 1.60 bits per heavy atom. The number of rotatable bonds is 4. The van der Waals surface area contributed by atoms with Crippen molar-refractivity contribution >= 4 is 0 Å². The average Bonchev–Trinajstić information content (AvgIpc) is 2.84. The first-order valence-electron chi connectivity index (χ1n) is 4.82. The fraction of sp³-hybridized carbons (Fsp3) is 0.400. The van der Waals surface area contributed by atoms with Crippen molar-refractivity contribution in [2.45, 2.75) is 18.9 Å². The van der Waals surface area contributed by atoms with Gasteiger partial charge >= 0.3 is 0 Å². The number of aromatic nitrogens is 3. The van der Waals surface area contributed by atoms with Crippen molar-refractivity contribution in [1.29, 1.82) is 0 Å². The highest BCUT2D eigenvalue weighted by molar-refractivity contribution is 5.02. The molecule has 0 saturated heterocycles. The summed E-state index contributed by atoms with van der Waals surface area (Å²) in [6.45, 7) is 0. The maximum absolute atomic E-state index is 9.85. The van der Waals surface area contributed by atoms with Crippen LogP contribution in [0.15, 0.2) is 29.0 Å². The second-order valence-electron chi connectivity index (χ2n) is 3.42. The predicted octanol–water partition coefficient (Wildman–Crippen LogP) is 1.07. The van der Waals surface area contributed by atoms with Crippen molar-refractivity contribution in [3.8, 4) is 0 Å². The molecule has 1 unspecified atom stereocenters. The number of furan rings is 1. The van der Waals surface area contributed by atoms with E-state index in [2.05, 4.69) is 10.3 Å². The summed E-state index contributed by atoms with van der Waals surface area (Å²) in [7, 11) is 1.76. The third-order valence-electron chi connectivity index (χ3n) is 2.34. The van der Waals surface area contributed by atoms with Gasteiger partial charge in [-0.2, -0.15) is 0 Å². The van der Waals surface area contributed by atoms with Crippen LogP contribution < -0.4 is 0 Å². The zero-order chi connectivity index (χ0) is 10.7. The number of hydrogen-bond donors (Lipinski definition) is 1. The molecule has 0 aliphatic carbocycles. The van der Waals surface area contributed by atoms with Crippen LogP contribution in [0, 0.1) is 0 Å². The number of hydrogen-bond acceptors (Lipinski definition) is 4. The minimum absolute atomic E-state index is 0.546. The van der Waals surface area contributed by atoms with Crippen molar-refractivity contribution in [2.75, 3.05) is 0 Å². The van der Waals surface area contributed by atoms with E-state index in [4.69, 9.17) is 4.42 Å². The lowest BCUT2D eigenvalue weighted by atomic mass is 10.1. The van der Waals surface area contributed by atoms with Crippen molar-refractivity contribution in [3.05, 3.63) is 36.0 Å². The molecular weight excluding hydrogens is 194 g/mol. The number of aliphatic hydroxyl groups is 1. The van der Waals surface area contributed by atoms with E-state index in [0.717, 1.165) is 11.5 Å². The molecule has 1 atom stereocenters. The van der Waals surface area contributed by atoms with Gasteiger partial charge in [-0.05, 0) is 18.6 Å². The average molecular weight is 207 g/mol. The molecule has 0 fully saturated rings. The molecule has 1 N–H and O–H groups in total. The van der Waals surface area contributed by atoms with E-state index < -0.39 is 6.10 Å². The van der Waals surface area contributed by atoms with Gasteiger partial charge in [-0.25, -0.2) is 4.68 Å². The van der Waals surface area contributed by atoms with Crippen molar-refractivity contribution in [2.24, 2.45) is 7.05 Å². The first-order chi connectivity index (χ1) is 7.27. The Kier molecular flexibility index (Phi) is 2.82. The fourth-order valence-electron chi connectivity index (χ4n) is 1.48. The molecule has 80 valence electrons. The summed E-state index contributed by atoms with van der Waals surface area (Å²) in [4.78, 5) is 0. The summed E-state index contributed by atoms with van der Waals surface area (Å²) >= 11 is 0. The predicted molar refractivity (Wildman–Crippen MR) is 53.0 cm³/mol. The normalized spacial score (nSPS) is 12.9. The summed E-state index contributed by atoms with van der Waals surface area (Å²) in [5.41, 5.74) is 0.724. The molecule has 5 heteroatoms. The number of nitrogens with zero attached hydrogens (tertiary/aromatic N) is 3. The topological polar surface area (TPSA) is 64.1 Å². The van der Waals surface area contributed by atoms with Crippen LogP contribution in [-0.4, -0.2) is 20.1 Å². The van der Waals surface area contributed by atoms with Gasteiger partial charge in [0, 0.05) is 13.5 Å². The largest absolute Gasteiger partial charge is 0.469 e. The van der Waals surface area contributed by atoms with E-state index in [9.17, 15) is 5.11 Å². The van der Waals surface area contributed by atoms with Crippen LogP contribution in [-0.2, 0) is 13.5 Å². The highest BCUT2D eigenvalue weighted by Gasteiger charge is 2.12. The Bertz CT molecular complexity index is 408. The minimum atomic E-state index is -0.546. The van der Waals surface area contributed by atoms with Gasteiger partial charge in [0.2, 0.25) is 0 Å². The molecule has 5 nitrogen and oxygen atoms in total. The Hall–Kier alpha value is -1.62. The summed E-state index contributed by atoms with van der Waals surface area (Å²) in [5, 5.41) is 17.3. The van der Waals surface area contributed by atoms with E-state index in [1.54, 1.807) is 24.2 Å². The minimum Gasteiger partial charge on any atom is -0.469 e. The van der Waals surface area contributed by atoms with E-state index in [1.807, 2.05) is 12.1 Å². The first-order valence-corrected chi connectivity index (χ1v) is 4.82. The zero-order valence-electron chi connectivity index (χ0n) is 8.50. The molecule has 2 heterocycles. The highest BCUT2D eigenvalue weighted by atomic mass is 16.3. The highest BCUT2D eigenvalue weighted by Crippen LogP contribution is 2.17. The maximum Gasteiger partial charge on any atom is 0.103 e. The van der Waals surface area contributed by atoms with Crippen LogP contribution in [0.3, 0.4) is 0 Å². The summed E-state index contributed by atoms with van der Waals surface area (Å²) in [6, 6.07) is 3.74. The fourth-order valence-corrected chi connectivity index (χ4v) is 1.48. The third kappa shape index (κ3) is 2.24. The van der Waals surface area contributed by atoms with Crippen LogP contribution in [0.1, 0.15) is 24.0 Å². The first kappa shape index (κ1) is 9.92. The molecule has 0 aliphatic heterocycles. The van der Waals surface area contributed by atoms with Crippen molar-refractivity contribution < 1.29 is 9.52 Å². The second kappa shape index (κ2) is 4.27. The van der Waals surface area contributed by atoms with Gasteiger partial charge in [-0.1, -0.05) is 5.21 Å². The monoisotopic (exact) mass is 207 g/mol. The Balaban J connectivity index is 1.93. The van der Waals surface area contributed by atoms with Crippen molar-refractivity contribution in [3.63, 3.8) is 0 Å². The maximum atomic E-state index is 9.85. The van der Waals surface area contributed by atoms with Crippen LogP contribution in [0.2, 0.25) is 0 Å². The Labute approximate surface area is 87.3 Å². The molecular formula is C10H13N3O2. The molecule has 2 aromatic rings. The molecule has 0 aliphatic rings. The van der Waals surface area contributed by atoms with Gasteiger partial charge in [0.1, 0.15) is 5.76 Å². The van der Waals surface area contributed by atoms with E-state index in [-0.39, 0.29) is 0 Å². The van der Waals surface area contributed by atoms with Crippen LogP contribution in [0.5, 0.6) is 0 Å². The van der Waals surface area contributed by atoms with Crippen molar-refractivity contribution in [1.82, 2.24) is 15.0 Å². The molecule has 2 rings (SSSR count). The lowest BCUT2D eigenvalue weighted by molar-refractivity contribution is 0.156. The standard InChI is InChI=1S/C10H13N3O2/c1-13-9(7-11-12-13)10(14)5-4-8-3-2-6-15-8/h2-3,6-7,10,14H,4-5H2,1H3. The van der Waals surface area contributed by atoms with Gasteiger partial charge in [-0.3, -0.25) is 0 Å². The van der Waals surface area contributed by atoms with Gasteiger partial charge in [-0.15, -0.1) is 5.10 Å². The molecule has 0 saturated carbocycles. The van der Waals surface area contributed by atoms with Crippen LogP contribution in [0.4, 0.5) is 0 Å². The van der Waals surface area contributed by atoms with Gasteiger partial charge in [0.05, 0.1) is 24.3 Å². The smallest absolute Gasteiger partial charge is 0.103 e. The van der Waals surface area contributed by atoms with Gasteiger partial charge in [0.25, 0.3) is 0 Å². The molecule has 0 amide bonds. The van der Waals surface area contributed by atoms with Crippen LogP contribution >= 0.6 is 0 Å². The lowest BCUT2D eigenvalue weighted by Crippen LogP contribution is -2.06. The zero-order valence-corrected chi connectivity index (χ0v) is 8.50. The SMILES string of the molecule is Cn1nncc1C(O)CCc1ccco1. The van der Waals surface area contributed by atoms with E-state index >= 15 is 0 Å². The summed E-state index contributed by atoms with van der Waals surface area (Å²) in [5.74, 6) is 0.879. The van der Waals surface area contributed by atoms with Gasteiger partial charge < -0.3 is 9.52 Å². The summed E-state index contributed by atoms with van der Waals surface area (Å²) in [6.07, 6.45) is 3.98. The second-order valence-corrected chi connectivity index (χ2v) is 3.42. The molecule has 0 radical (unpaired) electrons. The molecule has 0 spiro atoms. The molecule has 0 bridgehead atoms. The number of aryl methyl sites for hydroxylation is 2. The lowest BCUT2D eigenvalue weighted by Gasteiger charge is -2.08. The van der Waals surface area contributed by atoms with E-state index in [0.29, 0.717) is 12.8 Å². The molecule has 0 aromatic carbocycles. The van der Waals surface area contributed by atoms with E-state index in [1.165, 1.54) is 0 Å². The third-order valence-corrected chi connectivity index (χ3v) is 2.34. The van der Waals surface area contributed by atoms with Gasteiger partial charge in [0.15, 0.2) is 0 Å². The Morgan fingerprint density at radius 2 is 2.47 bits per heavy atom. The number of aliphatic hydroxyl groups excluding tert-OH is 1. The Morgan fingerprint density at radius 3 is 3.07 bits per heavy atom. The van der Waals surface area contributed by atoms with Crippen LogP contribution in [0.25, 0.3) is 0 Å².